The molecule has 0 spiro atoms. The molecule has 0 aliphatic carbocycles. The SMILES string of the molecule is CCCCCCCCCCCCC(OCCCCS(=O)(=O)CCC[N+](C)(C)C)C(CC)OC(C)=O.[Cl-]. The molecule has 218 valence electrons. The second kappa shape index (κ2) is 22.6. The summed E-state index contributed by atoms with van der Waals surface area (Å²) < 4.78 is 37.1. The zero-order valence-electron chi connectivity index (χ0n) is 24.4. The Bertz CT molecular complexity index is 622. The molecular weight excluding hydrogens is 498 g/mol. The van der Waals surface area contributed by atoms with E-state index in [9.17, 15) is 13.2 Å². The van der Waals surface area contributed by atoms with Crippen LogP contribution in [0.25, 0.3) is 0 Å². The third kappa shape index (κ3) is 24.0. The van der Waals surface area contributed by atoms with Crippen LogP contribution >= 0.6 is 0 Å². The average Bonchev–Trinajstić information content (AvgIpc) is 2.76. The van der Waals surface area contributed by atoms with Gasteiger partial charge < -0.3 is 26.4 Å². The van der Waals surface area contributed by atoms with E-state index in [1.807, 2.05) is 6.92 Å². The number of esters is 1. The fourth-order valence-corrected chi connectivity index (χ4v) is 5.78. The Balaban J connectivity index is 0. The van der Waals surface area contributed by atoms with Crippen LogP contribution in [0.2, 0.25) is 0 Å². The highest BCUT2D eigenvalue weighted by Gasteiger charge is 2.23. The molecule has 0 N–H and O–H groups in total. The first-order valence-corrected chi connectivity index (χ1v) is 16.1. The maximum atomic E-state index is 12.3. The molecule has 36 heavy (non-hydrogen) atoms. The number of halogens is 1. The zero-order valence-corrected chi connectivity index (χ0v) is 25.9. The summed E-state index contributed by atoms with van der Waals surface area (Å²) in [6.07, 6.45) is 16.1. The Morgan fingerprint density at radius 1 is 0.750 bits per heavy atom. The van der Waals surface area contributed by atoms with Crippen LogP contribution in [0.1, 0.15) is 117 Å². The molecule has 0 amide bonds. The summed E-state index contributed by atoms with van der Waals surface area (Å²) in [6, 6.07) is 0. The Kier molecular flexibility index (Phi) is 23.7. The monoisotopic (exact) mass is 555 g/mol. The Morgan fingerprint density at radius 2 is 1.28 bits per heavy atom. The van der Waals surface area contributed by atoms with Crippen LogP contribution in [0.15, 0.2) is 0 Å². The molecule has 0 aromatic rings. The second-order valence-corrected chi connectivity index (χ2v) is 13.5. The molecule has 6 nitrogen and oxygen atoms in total. The Morgan fingerprint density at radius 3 is 1.78 bits per heavy atom. The number of unbranched alkanes of at least 4 members (excludes halogenated alkanes) is 10. The number of ether oxygens (including phenoxy) is 2. The van der Waals surface area contributed by atoms with Crippen LogP contribution in [0.5, 0.6) is 0 Å². The topological polar surface area (TPSA) is 69.7 Å². The summed E-state index contributed by atoms with van der Waals surface area (Å²) in [6.45, 7) is 7.09. The summed E-state index contributed by atoms with van der Waals surface area (Å²) >= 11 is 0. The highest BCUT2D eigenvalue weighted by molar-refractivity contribution is 7.91. The minimum absolute atomic E-state index is 0. The molecule has 0 saturated heterocycles. The van der Waals surface area contributed by atoms with E-state index in [1.54, 1.807) is 0 Å². The van der Waals surface area contributed by atoms with E-state index < -0.39 is 9.84 Å². The van der Waals surface area contributed by atoms with Crippen LogP contribution in [0, 0.1) is 0 Å². The van der Waals surface area contributed by atoms with E-state index >= 15 is 0 Å². The van der Waals surface area contributed by atoms with Crippen LogP contribution < -0.4 is 12.4 Å². The number of quaternary nitrogens is 1. The molecule has 0 aliphatic heterocycles. The molecular formula is C28H58ClNO5S. The number of carbonyl (C=O) groups is 1. The lowest BCUT2D eigenvalue weighted by Gasteiger charge is -2.26. The van der Waals surface area contributed by atoms with E-state index in [1.165, 1.54) is 64.7 Å². The number of nitrogens with zero attached hydrogens (tertiary/aromatic N) is 1. The summed E-state index contributed by atoms with van der Waals surface area (Å²) in [4.78, 5) is 11.5. The van der Waals surface area contributed by atoms with Crippen molar-refractivity contribution in [2.75, 3.05) is 45.8 Å². The predicted octanol–water partition coefficient (Wildman–Crippen LogP) is 3.32. The molecule has 0 saturated carbocycles. The first kappa shape index (κ1) is 37.8. The van der Waals surface area contributed by atoms with Crippen molar-refractivity contribution in [3.05, 3.63) is 0 Å². The van der Waals surface area contributed by atoms with Crippen LogP contribution in [-0.4, -0.2) is 76.9 Å². The molecule has 0 rings (SSSR count). The van der Waals surface area contributed by atoms with Crippen molar-refractivity contribution in [2.45, 2.75) is 129 Å². The lowest BCUT2D eigenvalue weighted by atomic mass is 10.0. The lowest BCUT2D eigenvalue weighted by Crippen LogP contribution is -3.00. The van der Waals surface area contributed by atoms with Crippen molar-refractivity contribution in [3.8, 4) is 0 Å². The molecule has 2 unspecified atom stereocenters. The van der Waals surface area contributed by atoms with Gasteiger partial charge in [0.1, 0.15) is 6.10 Å². The minimum Gasteiger partial charge on any atom is -1.00 e. The Labute approximate surface area is 230 Å². The second-order valence-electron chi connectivity index (χ2n) is 11.2. The van der Waals surface area contributed by atoms with E-state index in [0.717, 1.165) is 30.3 Å². The molecule has 0 bridgehead atoms. The standard InChI is InChI=1S/C28H58NO5S.ClH/c1-7-9-10-11-12-13-14-15-16-17-21-28(27(8-2)34-26(3)30)33-23-18-19-24-35(31,32)25-20-22-29(4,5)6;/h27-28H,7-25H2,1-6H3;1H/q+1;/p-1. The average molecular weight is 556 g/mol. The van der Waals surface area contributed by atoms with E-state index in [2.05, 4.69) is 28.1 Å². The van der Waals surface area contributed by atoms with Crippen molar-refractivity contribution in [1.82, 2.24) is 0 Å². The predicted molar refractivity (Wildman–Crippen MR) is 147 cm³/mol. The molecule has 0 radical (unpaired) electrons. The quantitative estimate of drug-likeness (QED) is 0.104. The van der Waals surface area contributed by atoms with Gasteiger partial charge >= 0.3 is 5.97 Å². The van der Waals surface area contributed by atoms with E-state index in [4.69, 9.17) is 9.47 Å². The number of hydrogen-bond donors (Lipinski definition) is 0. The smallest absolute Gasteiger partial charge is 0.302 e. The van der Waals surface area contributed by atoms with Gasteiger partial charge in [-0.3, -0.25) is 4.79 Å². The van der Waals surface area contributed by atoms with Gasteiger partial charge in [0.2, 0.25) is 0 Å². The van der Waals surface area contributed by atoms with Gasteiger partial charge in [-0.05, 0) is 25.7 Å². The molecule has 8 heteroatoms. The molecule has 0 aliphatic rings. The minimum atomic E-state index is -3.01. The van der Waals surface area contributed by atoms with Gasteiger partial charge in [-0.1, -0.05) is 78.1 Å². The van der Waals surface area contributed by atoms with Gasteiger partial charge in [0.25, 0.3) is 0 Å². The maximum Gasteiger partial charge on any atom is 0.302 e. The summed E-state index contributed by atoms with van der Waals surface area (Å²) in [5.74, 6) is 0.209. The molecule has 0 heterocycles. The van der Waals surface area contributed by atoms with Crippen molar-refractivity contribution < 1.29 is 39.6 Å². The van der Waals surface area contributed by atoms with Gasteiger partial charge in [-0.15, -0.1) is 0 Å². The highest BCUT2D eigenvalue weighted by atomic mass is 35.5. The van der Waals surface area contributed by atoms with Crippen LogP contribution in [-0.2, 0) is 24.1 Å². The van der Waals surface area contributed by atoms with Gasteiger partial charge in [0.05, 0.1) is 45.3 Å². The van der Waals surface area contributed by atoms with E-state index in [0.29, 0.717) is 25.9 Å². The van der Waals surface area contributed by atoms with Gasteiger partial charge in [-0.2, -0.15) is 0 Å². The molecule has 2 atom stereocenters. The third-order valence-corrected chi connectivity index (χ3v) is 8.26. The largest absolute Gasteiger partial charge is 1.00 e. The van der Waals surface area contributed by atoms with Crippen molar-refractivity contribution in [2.24, 2.45) is 0 Å². The number of rotatable bonds is 24. The zero-order chi connectivity index (χ0) is 26.6. The van der Waals surface area contributed by atoms with Crippen molar-refractivity contribution in [3.63, 3.8) is 0 Å². The van der Waals surface area contributed by atoms with E-state index in [-0.39, 0.29) is 42.1 Å². The molecule has 0 aromatic heterocycles. The molecule has 0 aromatic carbocycles. The molecule has 0 fully saturated rings. The first-order valence-electron chi connectivity index (χ1n) is 14.3. The number of sulfone groups is 1. The maximum absolute atomic E-state index is 12.3. The van der Waals surface area contributed by atoms with Gasteiger partial charge in [-0.25, -0.2) is 8.42 Å². The fraction of sp³-hybridized carbons (Fsp3) is 0.964. The van der Waals surface area contributed by atoms with Crippen molar-refractivity contribution in [1.29, 1.82) is 0 Å². The first-order chi connectivity index (χ1) is 16.5. The normalized spacial score (nSPS) is 13.7. The summed E-state index contributed by atoms with van der Waals surface area (Å²) in [5.41, 5.74) is 0. The number of carbonyl (C=O) groups excluding carboxylic acids is 1. The summed E-state index contributed by atoms with van der Waals surface area (Å²) in [5, 5.41) is 0. The fourth-order valence-electron chi connectivity index (χ4n) is 4.36. The van der Waals surface area contributed by atoms with Gasteiger partial charge in [0.15, 0.2) is 9.84 Å². The van der Waals surface area contributed by atoms with Crippen molar-refractivity contribution >= 4 is 15.8 Å². The Hall–Kier alpha value is -0.370. The van der Waals surface area contributed by atoms with Gasteiger partial charge in [0, 0.05) is 20.0 Å². The third-order valence-electron chi connectivity index (χ3n) is 6.44. The number of hydrogen-bond acceptors (Lipinski definition) is 5. The lowest BCUT2D eigenvalue weighted by molar-refractivity contribution is -0.870. The van der Waals surface area contributed by atoms with Crippen LogP contribution in [0.4, 0.5) is 0 Å². The van der Waals surface area contributed by atoms with Crippen LogP contribution in [0.3, 0.4) is 0 Å². The summed E-state index contributed by atoms with van der Waals surface area (Å²) in [7, 11) is 3.23. The highest BCUT2D eigenvalue weighted by Crippen LogP contribution is 2.18.